The van der Waals surface area contributed by atoms with Crippen LogP contribution in [0.25, 0.3) is 42.7 Å². The van der Waals surface area contributed by atoms with E-state index < -0.39 is 0 Å². The summed E-state index contributed by atoms with van der Waals surface area (Å²) < 4.78 is 17.0. The van der Waals surface area contributed by atoms with Gasteiger partial charge in [-0.05, 0) is 55.3 Å². The number of benzene rings is 2. The summed E-state index contributed by atoms with van der Waals surface area (Å²) >= 11 is 1.45. The first-order valence-electron chi connectivity index (χ1n) is 15.1. The fourth-order valence-electron chi connectivity index (χ4n) is 5.45. The summed E-state index contributed by atoms with van der Waals surface area (Å²) in [5, 5.41) is 11.7. The van der Waals surface area contributed by atoms with Gasteiger partial charge < -0.3 is 10.1 Å². The van der Waals surface area contributed by atoms with E-state index >= 15 is 4.39 Å². The molecule has 1 N–H and O–H groups in total. The molecule has 0 saturated heterocycles. The summed E-state index contributed by atoms with van der Waals surface area (Å²) in [6, 6.07) is 18.8. The van der Waals surface area contributed by atoms with Gasteiger partial charge in [0.2, 0.25) is 0 Å². The van der Waals surface area contributed by atoms with Gasteiger partial charge in [0.05, 0.1) is 16.2 Å². The van der Waals surface area contributed by atoms with Crippen molar-refractivity contribution in [1.82, 2.24) is 9.97 Å². The first-order chi connectivity index (χ1) is 20.7. The molecule has 3 heterocycles. The molecular weight excluding hydrogens is 748 g/mol. The molecule has 7 heteroatoms. The molecule has 4 nitrogen and oxygen atoms in total. The minimum Gasteiger partial charge on any atom is -0.512 e. The average molecular weight is 788 g/mol. The Labute approximate surface area is 277 Å². The minimum absolute atomic E-state index is 0. The average Bonchev–Trinajstić information content (AvgIpc) is 3.39. The van der Waals surface area contributed by atoms with Gasteiger partial charge in [0.1, 0.15) is 5.82 Å². The number of carbonyl (C=O) groups is 1. The van der Waals surface area contributed by atoms with Crippen molar-refractivity contribution in [2.24, 2.45) is 11.8 Å². The summed E-state index contributed by atoms with van der Waals surface area (Å²) in [5.41, 5.74) is 5.19. The topological polar surface area (TPSA) is 63.1 Å². The summed E-state index contributed by atoms with van der Waals surface area (Å²) in [6.07, 6.45) is 8.38. The van der Waals surface area contributed by atoms with E-state index in [2.05, 4.69) is 35.1 Å². The standard InChI is InChI=1S/C24H16FN2S.C13H24O2.Ir/c1-14-11-15(2)13-16(12-14)22-24-18(8-10-27-22)17-6-7-19(21(25)23(17)28-24)20-5-3-4-9-26-20;1-5-10(6-2)12(14)9-13(15)11(7-3)8-4;/h3-12H,1-2H3;9-11,14H,5-8H2,1-4H3;/q-1;;/b;12-9-;. The van der Waals surface area contributed by atoms with Crippen LogP contribution in [0.4, 0.5) is 4.39 Å². The molecule has 0 aliphatic carbocycles. The maximum Gasteiger partial charge on any atom is 0.162 e. The zero-order chi connectivity index (χ0) is 31.1. The van der Waals surface area contributed by atoms with Crippen LogP contribution in [-0.2, 0) is 24.9 Å². The van der Waals surface area contributed by atoms with Gasteiger partial charge in [0, 0.05) is 71.8 Å². The van der Waals surface area contributed by atoms with Gasteiger partial charge >= 0.3 is 0 Å². The molecule has 0 fully saturated rings. The van der Waals surface area contributed by atoms with E-state index in [4.69, 9.17) is 0 Å². The third-order valence-electron chi connectivity index (χ3n) is 7.92. The number of thiophene rings is 1. The number of fused-ring (bicyclic) bond motifs is 3. The van der Waals surface area contributed by atoms with Gasteiger partial charge in [-0.1, -0.05) is 53.7 Å². The molecule has 0 atom stereocenters. The third-order valence-corrected chi connectivity index (χ3v) is 9.14. The Morgan fingerprint density at radius 3 is 2.20 bits per heavy atom. The number of hydrogen-bond acceptors (Lipinski definition) is 5. The molecule has 5 rings (SSSR count). The zero-order valence-electron chi connectivity index (χ0n) is 26.2. The number of rotatable bonds is 9. The van der Waals surface area contributed by atoms with E-state index in [1.807, 2.05) is 71.0 Å². The number of halogens is 1. The van der Waals surface area contributed by atoms with Crippen LogP contribution in [0.1, 0.15) is 64.5 Å². The fraction of sp³-hybridized carbons (Fsp3) is 0.324. The predicted octanol–water partition coefficient (Wildman–Crippen LogP) is 10.6. The second kappa shape index (κ2) is 16.2. The van der Waals surface area contributed by atoms with Gasteiger partial charge in [-0.25, -0.2) is 4.39 Å². The van der Waals surface area contributed by atoms with Crippen molar-refractivity contribution in [3.05, 3.63) is 95.8 Å². The quantitative estimate of drug-likeness (QED) is 0.0918. The number of pyridine rings is 2. The Bertz CT molecular complexity index is 1720. The van der Waals surface area contributed by atoms with Crippen LogP contribution in [0, 0.1) is 37.6 Å². The second-order valence-electron chi connectivity index (χ2n) is 10.9. The number of aromatic nitrogens is 2. The van der Waals surface area contributed by atoms with Crippen LogP contribution in [0.15, 0.2) is 72.8 Å². The van der Waals surface area contributed by atoms with E-state index in [1.165, 1.54) is 17.4 Å². The number of aliphatic hydroxyl groups is 1. The number of allylic oxidation sites excluding steroid dienone is 2. The Kier molecular flexibility index (Phi) is 12.9. The third kappa shape index (κ3) is 7.87. The first kappa shape index (κ1) is 35.2. The molecule has 1 radical (unpaired) electrons. The van der Waals surface area contributed by atoms with Crippen molar-refractivity contribution in [3.63, 3.8) is 0 Å². The smallest absolute Gasteiger partial charge is 0.162 e. The van der Waals surface area contributed by atoms with Gasteiger partial charge in [-0.3, -0.25) is 9.78 Å². The number of nitrogens with zero attached hydrogens (tertiary/aromatic N) is 2. The Morgan fingerprint density at radius 2 is 1.59 bits per heavy atom. The zero-order valence-corrected chi connectivity index (χ0v) is 29.4. The first-order valence-corrected chi connectivity index (χ1v) is 15.9. The molecule has 0 bridgehead atoms. The van der Waals surface area contributed by atoms with E-state index in [0.29, 0.717) is 16.0 Å². The fourth-order valence-corrected chi connectivity index (χ4v) is 6.69. The van der Waals surface area contributed by atoms with Gasteiger partial charge in [0.25, 0.3) is 0 Å². The SMILES string of the molecule is CCC(CC)C(=O)/C=C(\O)C(CC)CC.Cc1[c-]c(-c2nccc3c2sc2c(F)c(-c4ccccn4)ccc23)cc(C)c1.[Ir]. The van der Waals surface area contributed by atoms with Crippen LogP contribution >= 0.6 is 11.3 Å². The Balaban J connectivity index is 0.000000286. The molecule has 0 aliphatic rings. The maximum absolute atomic E-state index is 15.4. The van der Waals surface area contributed by atoms with E-state index in [9.17, 15) is 9.90 Å². The maximum atomic E-state index is 15.4. The van der Waals surface area contributed by atoms with Crippen LogP contribution in [-0.4, -0.2) is 20.9 Å². The van der Waals surface area contributed by atoms with Crippen molar-refractivity contribution in [1.29, 1.82) is 0 Å². The molecule has 0 amide bonds. The molecule has 0 unspecified atom stereocenters. The molecule has 44 heavy (non-hydrogen) atoms. The van der Waals surface area contributed by atoms with Crippen molar-refractivity contribution in [3.8, 4) is 22.5 Å². The molecule has 0 saturated carbocycles. The number of ketones is 1. The Hall–Kier alpha value is -3.25. The van der Waals surface area contributed by atoms with Crippen molar-refractivity contribution >= 4 is 37.3 Å². The van der Waals surface area contributed by atoms with E-state index in [-0.39, 0.29) is 49.3 Å². The number of hydrogen-bond donors (Lipinski definition) is 1. The molecule has 5 aromatic rings. The van der Waals surface area contributed by atoms with Crippen molar-refractivity contribution in [2.45, 2.75) is 67.2 Å². The van der Waals surface area contributed by atoms with Crippen LogP contribution < -0.4 is 0 Å². The molecule has 233 valence electrons. The van der Waals surface area contributed by atoms with Crippen LogP contribution in [0.2, 0.25) is 0 Å². The van der Waals surface area contributed by atoms with E-state index in [1.54, 1.807) is 12.4 Å². The summed E-state index contributed by atoms with van der Waals surface area (Å²) in [6.45, 7) is 12.2. The van der Waals surface area contributed by atoms with Gasteiger partial charge in [-0.15, -0.1) is 46.2 Å². The second-order valence-corrected chi connectivity index (χ2v) is 11.9. The largest absolute Gasteiger partial charge is 0.512 e. The Morgan fingerprint density at radius 1 is 0.909 bits per heavy atom. The number of aliphatic hydroxyl groups excluding tert-OH is 1. The van der Waals surface area contributed by atoms with Crippen LogP contribution in [0.5, 0.6) is 0 Å². The summed E-state index contributed by atoms with van der Waals surface area (Å²) in [5.74, 6) is 0.318. The summed E-state index contributed by atoms with van der Waals surface area (Å²) in [7, 11) is 0. The molecular formula is C37H40FIrN2O2S-. The molecule has 0 spiro atoms. The minimum atomic E-state index is -0.229. The van der Waals surface area contributed by atoms with Crippen LogP contribution in [0.3, 0.4) is 0 Å². The predicted molar refractivity (Wildman–Crippen MR) is 178 cm³/mol. The molecule has 2 aromatic carbocycles. The monoisotopic (exact) mass is 788 g/mol. The van der Waals surface area contributed by atoms with Crippen molar-refractivity contribution < 1.29 is 34.4 Å². The van der Waals surface area contributed by atoms with Gasteiger partial charge in [0.15, 0.2) is 5.78 Å². The molecule has 0 aliphatic heterocycles. The number of carbonyl (C=O) groups excluding carboxylic acids is 1. The normalized spacial score (nSPS) is 11.5. The molecule has 3 aromatic heterocycles. The number of aryl methyl sites for hydroxylation is 2. The van der Waals surface area contributed by atoms with Crippen molar-refractivity contribution in [2.75, 3.05) is 0 Å². The summed E-state index contributed by atoms with van der Waals surface area (Å²) in [4.78, 5) is 20.6. The van der Waals surface area contributed by atoms with E-state index in [0.717, 1.165) is 63.5 Å². The van der Waals surface area contributed by atoms with Gasteiger partial charge in [-0.2, -0.15) is 0 Å².